The van der Waals surface area contributed by atoms with Crippen LogP contribution in [0.1, 0.15) is 43.4 Å². The average Bonchev–Trinajstić information content (AvgIpc) is 2.78. The normalized spacial score (nSPS) is 16.8. The van der Waals surface area contributed by atoms with Crippen LogP contribution < -0.4 is 4.90 Å². The number of para-hydroxylation sites is 1. The van der Waals surface area contributed by atoms with Crippen LogP contribution >= 0.6 is 11.6 Å². The maximum atomic E-state index is 13.1. The Morgan fingerprint density at radius 2 is 1.80 bits per heavy atom. The molecule has 0 fully saturated rings. The number of nitrogens with zero attached hydrogens (tertiary/aromatic N) is 1. The molecule has 0 aliphatic carbocycles. The zero-order valence-corrected chi connectivity index (χ0v) is 15.4. The monoisotopic (exact) mass is 357 g/mol. The standard InChI is InChI=1S/C20H20ClNO3/c1-12-11-13(21)9-10-14(12)17-15-7-5-6-8-16(15)22(18(17)23)19(24)25-20(2,3)4/h5-11,17H,1-4H3. The van der Waals surface area contributed by atoms with Crippen molar-refractivity contribution in [2.45, 2.75) is 39.2 Å². The highest BCUT2D eigenvalue weighted by molar-refractivity contribution is 6.30. The molecule has 0 radical (unpaired) electrons. The van der Waals surface area contributed by atoms with E-state index in [1.165, 1.54) is 0 Å². The Labute approximate surface area is 152 Å². The molecular formula is C20H20ClNO3. The van der Waals surface area contributed by atoms with Gasteiger partial charge in [-0.15, -0.1) is 0 Å². The number of amides is 2. The van der Waals surface area contributed by atoms with E-state index in [0.717, 1.165) is 21.6 Å². The van der Waals surface area contributed by atoms with E-state index in [-0.39, 0.29) is 5.91 Å². The van der Waals surface area contributed by atoms with Crippen molar-refractivity contribution in [2.24, 2.45) is 0 Å². The maximum absolute atomic E-state index is 13.1. The van der Waals surface area contributed by atoms with E-state index < -0.39 is 17.6 Å². The summed E-state index contributed by atoms with van der Waals surface area (Å²) in [6.45, 7) is 7.24. The maximum Gasteiger partial charge on any atom is 0.421 e. The molecule has 0 saturated heterocycles. The summed E-state index contributed by atoms with van der Waals surface area (Å²) in [6, 6.07) is 12.7. The summed E-state index contributed by atoms with van der Waals surface area (Å²) >= 11 is 6.04. The summed E-state index contributed by atoms with van der Waals surface area (Å²) < 4.78 is 5.43. The van der Waals surface area contributed by atoms with Crippen LogP contribution in [0.4, 0.5) is 10.5 Å². The molecule has 0 spiro atoms. The lowest BCUT2D eigenvalue weighted by Crippen LogP contribution is -2.39. The molecular weight excluding hydrogens is 338 g/mol. The third kappa shape index (κ3) is 3.27. The quantitative estimate of drug-likeness (QED) is 0.716. The van der Waals surface area contributed by atoms with Gasteiger partial charge < -0.3 is 4.74 Å². The molecule has 5 heteroatoms. The van der Waals surface area contributed by atoms with Crippen molar-refractivity contribution in [3.8, 4) is 0 Å². The van der Waals surface area contributed by atoms with Gasteiger partial charge >= 0.3 is 6.09 Å². The summed E-state index contributed by atoms with van der Waals surface area (Å²) in [7, 11) is 0. The van der Waals surface area contributed by atoms with Gasteiger partial charge in [0.25, 0.3) is 0 Å². The van der Waals surface area contributed by atoms with Gasteiger partial charge in [0.1, 0.15) is 5.60 Å². The molecule has 0 bridgehead atoms. The Bertz CT molecular complexity index is 854. The number of carbonyl (C=O) groups is 2. The molecule has 1 aliphatic rings. The number of imide groups is 1. The molecule has 0 aromatic heterocycles. The van der Waals surface area contributed by atoms with Crippen LogP contribution in [0.15, 0.2) is 42.5 Å². The van der Waals surface area contributed by atoms with Crippen molar-refractivity contribution < 1.29 is 14.3 Å². The number of hydrogen-bond acceptors (Lipinski definition) is 3. The van der Waals surface area contributed by atoms with Crippen LogP contribution in [0.5, 0.6) is 0 Å². The predicted octanol–water partition coefficient (Wildman–Crippen LogP) is 5.06. The summed E-state index contributed by atoms with van der Waals surface area (Å²) in [5, 5.41) is 0.615. The van der Waals surface area contributed by atoms with Gasteiger partial charge in [0.2, 0.25) is 5.91 Å². The summed E-state index contributed by atoms with van der Waals surface area (Å²) in [5.41, 5.74) is 2.44. The van der Waals surface area contributed by atoms with Gasteiger partial charge in [-0.1, -0.05) is 35.9 Å². The number of benzene rings is 2. The molecule has 0 saturated carbocycles. The molecule has 3 rings (SSSR count). The fraction of sp³-hybridized carbons (Fsp3) is 0.300. The molecule has 1 heterocycles. The van der Waals surface area contributed by atoms with E-state index in [9.17, 15) is 9.59 Å². The topological polar surface area (TPSA) is 46.6 Å². The summed E-state index contributed by atoms with van der Waals surface area (Å²) in [4.78, 5) is 26.9. The van der Waals surface area contributed by atoms with Gasteiger partial charge in [-0.05, 0) is 62.6 Å². The minimum Gasteiger partial charge on any atom is -0.443 e. The highest BCUT2D eigenvalue weighted by Gasteiger charge is 2.43. The third-order valence-corrected chi connectivity index (χ3v) is 4.31. The Balaban J connectivity index is 2.08. The van der Waals surface area contributed by atoms with Crippen molar-refractivity contribution in [2.75, 3.05) is 4.90 Å². The zero-order chi connectivity index (χ0) is 18.4. The molecule has 0 N–H and O–H groups in total. The van der Waals surface area contributed by atoms with Crippen LogP contribution in [0.3, 0.4) is 0 Å². The minimum absolute atomic E-state index is 0.305. The first-order valence-electron chi connectivity index (χ1n) is 8.11. The summed E-state index contributed by atoms with van der Waals surface area (Å²) in [6.07, 6.45) is -0.654. The SMILES string of the molecule is Cc1cc(Cl)ccc1C1C(=O)N(C(=O)OC(C)(C)C)c2ccccc21. The second-order valence-electron chi connectivity index (χ2n) is 7.15. The first-order valence-corrected chi connectivity index (χ1v) is 8.49. The lowest BCUT2D eigenvalue weighted by molar-refractivity contribution is -0.118. The molecule has 1 aliphatic heterocycles. The van der Waals surface area contributed by atoms with Crippen molar-refractivity contribution in [1.29, 1.82) is 0 Å². The van der Waals surface area contributed by atoms with Gasteiger partial charge in [0, 0.05) is 5.02 Å². The van der Waals surface area contributed by atoms with E-state index in [1.807, 2.05) is 31.2 Å². The number of anilines is 1. The molecule has 1 atom stereocenters. The highest BCUT2D eigenvalue weighted by atomic mass is 35.5. The second kappa shape index (κ2) is 6.19. The van der Waals surface area contributed by atoms with Crippen LogP contribution in [-0.2, 0) is 9.53 Å². The van der Waals surface area contributed by atoms with Crippen LogP contribution in [0.2, 0.25) is 5.02 Å². The lowest BCUT2D eigenvalue weighted by Gasteiger charge is -2.24. The first kappa shape index (κ1) is 17.5. The number of rotatable bonds is 1. The Morgan fingerprint density at radius 3 is 2.44 bits per heavy atom. The van der Waals surface area contributed by atoms with Gasteiger partial charge in [-0.2, -0.15) is 0 Å². The molecule has 2 aromatic carbocycles. The average molecular weight is 358 g/mol. The van der Waals surface area contributed by atoms with Crippen molar-refractivity contribution in [3.63, 3.8) is 0 Å². The number of fused-ring (bicyclic) bond motifs is 1. The van der Waals surface area contributed by atoms with Crippen LogP contribution in [0, 0.1) is 6.92 Å². The van der Waals surface area contributed by atoms with Crippen molar-refractivity contribution in [1.82, 2.24) is 0 Å². The molecule has 4 nitrogen and oxygen atoms in total. The number of hydrogen-bond donors (Lipinski definition) is 0. The highest BCUT2D eigenvalue weighted by Crippen LogP contribution is 2.42. The number of halogens is 1. The lowest BCUT2D eigenvalue weighted by atomic mass is 9.89. The third-order valence-electron chi connectivity index (χ3n) is 4.07. The molecule has 2 amide bonds. The van der Waals surface area contributed by atoms with Gasteiger partial charge in [-0.25, -0.2) is 9.69 Å². The Morgan fingerprint density at radius 1 is 1.12 bits per heavy atom. The predicted molar refractivity (Wildman–Crippen MR) is 98.2 cm³/mol. The Kier molecular flexibility index (Phi) is 4.33. The fourth-order valence-electron chi connectivity index (χ4n) is 3.08. The minimum atomic E-state index is -0.680. The second-order valence-corrected chi connectivity index (χ2v) is 7.58. The van der Waals surface area contributed by atoms with Gasteiger partial charge in [0.05, 0.1) is 11.6 Å². The molecule has 2 aromatic rings. The largest absolute Gasteiger partial charge is 0.443 e. The van der Waals surface area contributed by atoms with Crippen molar-refractivity contribution >= 4 is 29.3 Å². The van der Waals surface area contributed by atoms with Crippen molar-refractivity contribution in [3.05, 3.63) is 64.2 Å². The van der Waals surface area contributed by atoms with Crippen LogP contribution in [0.25, 0.3) is 0 Å². The first-order chi connectivity index (χ1) is 11.7. The van der Waals surface area contributed by atoms with E-state index in [4.69, 9.17) is 16.3 Å². The fourth-order valence-corrected chi connectivity index (χ4v) is 3.30. The van der Waals surface area contributed by atoms with E-state index in [0.29, 0.717) is 10.7 Å². The molecule has 130 valence electrons. The summed E-state index contributed by atoms with van der Waals surface area (Å²) in [5.74, 6) is -0.846. The zero-order valence-electron chi connectivity index (χ0n) is 14.7. The smallest absolute Gasteiger partial charge is 0.421 e. The van der Waals surface area contributed by atoms with E-state index in [2.05, 4.69) is 0 Å². The van der Waals surface area contributed by atoms with E-state index >= 15 is 0 Å². The van der Waals surface area contributed by atoms with E-state index in [1.54, 1.807) is 39.0 Å². The van der Waals surface area contributed by atoms with Crippen LogP contribution in [-0.4, -0.2) is 17.6 Å². The number of aryl methyl sites for hydroxylation is 1. The number of carbonyl (C=O) groups excluding carboxylic acids is 2. The Hall–Kier alpha value is -2.33. The number of ether oxygens (including phenoxy) is 1. The molecule has 25 heavy (non-hydrogen) atoms. The van der Waals surface area contributed by atoms with Gasteiger partial charge in [-0.3, -0.25) is 4.79 Å². The molecule has 1 unspecified atom stereocenters. The van der Waals surface area contributed by atoms with Gasteiger partial charge in [0.15, 0.2) is 0 Å².